The minimum absolute atomic E-state index is 0.0747. The van der Waals surface area contributed by atoms with Crippen LogP contribution in [0.5, 0.6) is 0 Å². The van der Waals surface area contributed by atoms with Gasteiger partial charge < -0.3 is 15.1 Å². The van der Waals surface area contributed by atoms with E-state index < -0.39 is 17.6 Å². The molecule has 9 heteroatoms. The molecule has 1 N–H and O–H groups in total. The Bertz CT molecular complexity index is 1150. The van der Waals surface area contributed by atoms with Crippen molar-refractivity contribution in [3.63, 3.8) is 0 Å². The number of piperazine rings is 1. The number of amides is 2. The smallest absolute Gasteiger partial charge is 0.290 e. The summed E-state index contributed by atoms with van der Waals surface area (Å²) in [5.41, 5.74) is 2.63. The quantitative estimate of drug-likeness (QED) is 0.637. The number of carbonyl (C=O) groups excluding carboxylic acids is 3. The summed E-state index contributed by atoms with van der Waals surface area (Å²) in [5.74, 6) is -2.21. The van der Waals surface area contributed by atoms with Crippen LogP contribution in [0.3, 0.4) is 0 Å². The summed E-state index contributed by atoms with van der Waals surface area (Å²) in [4.78, 5) is 43.9. The summed E-state index contributed by atoms with van der Waals surface area (Å²) in [5, 5.41) is 3.44. The Hall–Kier alpha value is -2.97. The number of carbonyl (C=O) groups is 3. The maximum absolute atomic E-state index is 13.6. The first-order chi connectivity index (χ1) is 16.6. The summed E-state index contributed by atoms with van der Waals surface area (Å²) >= 11 is 6.51. The summed E-state index contributed by atoms with van der Waals surface area (Å²) in [6.07, 6.45) is 0. The van der Waals surface area contributed by atoms with Crippen LogP contribution in [0, 0.1) is 5.82 Å². The molecule has 7 nitrogen and oxygen atoms in total. The first kappa shape index (κ1) is 25.1. The van der Waals surface area contributed by atoms with Gasteiger partial charge in [0, 0.05) is 58.0 Å². The lowest BCUT2D eigenvalue weighted by molar-refractivity contribution is -0.143. The molecule has 3 atom stereocenters. The van der Waals surface area contributed by atoms with Crippen LogP contribution in [0.2, 0.25) is 5.02 Å². The molecular weight excluding hydrogens is 471 g/mol. The monoisotopic (exact) mass is 500 g/mol. The molecule has 2 aliphatic heterocycles. The van der Waals surface area contributed by atoms with Crippen LogP contribution < -0.4 is 5.32 Å². The summed E-state index contributed by atoms with van der Waals surface area (Å²) in [7, 11) is 3.08. The zero-order valence-corrected chi connectivity index (χ0v) is 21.1. The highest BCUT2D eigenvalue weighted by Crippen LogP contribution is 2.37. The number of likely N-dealkylation sites (N-methyl/N-ethyl adjacent to an activating group) is 1. The predicted molar refractivity (Wildman–Crippen MR) is 133 cm³/mol. The molecule has 2 aliphatic rings. The lowest BCUT2D eigenvalue weighted by Gasteiger charge is -2.44. The van der Waals surface area contributed by atoms with E-state index in [-0.39, 0.29) is 30.4 Å². The maximum atomic E-state index is 13.6. The third-order valence-electron chi connectivity index (χ3n) is 6.85. The topological polar surface area (TPSA) is 73.0 Å². The number of rotatable bonds is 5. The second-order valence-electron chi connectivity index (χ2n) is 9.63. The van der Waals surface area contributed by atoms with Crippen molar-refractivity contribution >= 4 is 34.9 Å². The number of nitrogens with one attached hydrogen (secondary N) is 1. The number of fused-ring (bicyclic) bond motifs is 1. The first-order valence-corrected chi connectivity index (χ1v) is 12.1. The number of hydrogen-bond donors (Lipinski definition) is 1. The first-order valence-electron chi connectivity index (χ1n) is 11.7. The highest BCUT2D eigenvalue weighted by atomic mass is 35.5. The van der Waals surface area contributed by atoms with Crippen LogP contribution in [0.4, 0.5) is 10.1 Å². The van der Waals surface area contributed by atoms with Crippen LogP contribution in [-0.2, 0) is 16.1 Å². The van der Waals surface area contributed by atoms with E-state index >= 15 is 0 Å². The van der Waals surface area contributed by atoms with Gasteiger partial charge in [0.2, 0.25) is 5.78 Å². The molecule has 2 heterocycles. The van der Waals surface area contributed by atoms with Crippen molar-refractivity contribution in [2.45, 2.75) is 38.4 Å². The lowest BCUT2D eigenvalue weighted by Crippen LogP contribution is -2.57. The van der Waals surface area contributed by atoms with E-state index in [1.807, 2.05) is 11.8 Å². The van der Waals surface area contributed by atoms with Crippen molar-refractivity contribution in [1.82, 2.24) is 14.7 Å². The van der Waals surface area contributed by atoms with Crippen molar-refractivity contribution < 1.29 is 18.8 Å². The SMILES string of the molecule is C[C@@H]1CN(Cc2ccc(F)cc2)[C@@H](C)CN1C(=O)c1cc2c(cc1Cl)NCC2C(=O)C(=O)N(C)C. The van der Waals surface area contributed by atoms with E-state index in [1.165, 1.54) is 17.0 Å². The van der Waals surface area contributed by atoms with E-state index in [9.17, 15) is 18.8 Å². The standard InChI is InChI=1S/C26H30ClFN4O3/c1-15-13-32(16(2)12-31(15)14-17-5-7-18(28)8-6-17)25(34)20-9-19-21(24(33)26(35)30(3)4)11-29-23(19)10-22(20)27/h5-10,15-16,21,29H,11-14H2,1-4H3/t15-,16+,21?/m0/s1. The Balaban J connectivity index is 1.52. The maximum Gasteiger partial charge on any atom is 0.290 e. The zero-order chi connectivity index (χ0) is 25.4. The van der Waals surface area contributed by atoms with Gasteiger partial charge in [0.25, 0.3) is 11.8 Å². The third-order valence-corrected chi connectivity index (χ3v) is 7.16. The molecule has 1 unspecified atom stereocenters. The van der Waals surface area contributed by atoms with Gasteiger partial charge in [0.1, 0.15) is 5.82 Å². The van der Waals surface area contributed by atoms with Gasteiger partial charge in [-0.3, -0.25) is 19.3 Å². The molecule has 2 amide bonds. The largest absolute Gasteiger partial charge is 0.384 e. The van der Waals surface area contributed by atoms with Crippen molar-refractivity contribution in [2.24, 2.45) is 0 Å². The molecule has 35 heavy (non-hydrogen) atoms. The second kappa shape index (κ2) is 9.95. The van der Waals surface area contributed by atoms with E-state index in [0.29, 0.717) is 41.5 Å². The van der Waals surface area contributed by atoms with Gasteiger partial charge in [0.05, 0.1) is 16.5 Å². The molecule has 2 aromatic rings. The van der Waals surface area contributed by atoms with E-state index in [2.05, 4.69) is 17.1 Å². The van der Waals surface area contributed by atoms with Crippen LogP contribution in [0.1, 0.15) is 41.3 Å². The molecule has 2 aromatic carbocycles. The molecule has 0 saturated carbocycles. The molecule has 0 bridgehead atoms. The lowest BCUT2D eigenvalue weighted by atomic mass is 9.94. The van der Waals surface area contributed by atoms with Gasteiger partial charge >= 0.3 is 0 Å². The molecule has 186 valence electrons. The normalized spacial score (nSPS) is 21.9. The van der Waals surface area contributed by atoms with Gasteiger partial charge in [-0.15, -0.1) is 0 Å². The molecule has 0 aliphatic carbocycles. The van der Waals surface area contributed by atoms with Crippen molar-refractivity contribution in [1.29, 1.82) is 0 Å². The van der Waals surface area contributed by atoms with E-state index in [4.69, 9.17) is 11.6 Å². The fourth-order valence-corrected chi connectivity index (χ4v) is 5.05. The molecular formula is C26H30ClFN4O3. The number of benzene rings is 2. The molecule has 1 fully saturated rings. The number of ketones is 1. The van der Waals surface area contributed by atoms with Crippen LogP contribution in [0.15, 0.2) is 36.4 Å². The van der Waals surface area contributed by atoms with Crippen LogP contribution >= 0.6 is 11.6 Å². The summed E-state index contributed by atoms with van der Waals surface area (Å²) in [6.45, 7) is 6.18. The number of hydrogen-bond acceptors (Lipinski definition) is 5. The number of anilines is 1. The fourth-order valence-electron chi connectivity index (χ4n) is 4.80. The predicted octanol–water partition coefficient (Wildman–Crippen LogP) is 3.38. The summed E-state index contributed by atoms with van der Waals surface area (Å²) in [6, 6.07) is 9.81. The molecule has 0 spiro atoms. The fraction of sp³-hybridized carbons (Fsp3) is 0.423. The molecule has 4 rings (SSSR count). The Morgan fingerprint density at radius 3 is 2.43 bits per heavy atom. The summed E-state index contributed by atoms with van der Waals surface area (Å²) < 4.78 is 13.3. The average Bonchev–Trinajstić information content (AvgIpc) is 3.23. The van der Waals surface area contributed by atoms with Crippen LogP contribution in [-0.4, -0.2) is 78.1 Å². The Morgan fingerprint density at radius 2 is 1.77 bits per heavy atom. The number of halogens is 2. The number of Topliss-reactive ketones (excluding diaryl/α,β-unsaturated/α-hetero) is 1. The van der Waals surface area contributed by atoms with E-state index in [1.54, 1.807) is 38.4 Å². The Labute approximate surface area is 209 Å². The van der Waals surface area contributed by atoms with Gasteiger partial charge in [-0.2, -0.15) is 0 Å². The average molecular weight is 501 g/mol. The number of nitrogens with zero attached hydrogens (tertiary/aromatic N) is 3. The minimum atomic E-state index is -0.660. The van der Waals surface area contributed by atoms with Crippen molar-refractivity contribution in [3.05, 3.63) is 63.9 Å². The van der Waals surface area contributed by atoms with Gasteiger partial charge in [-0.25, -0.2) is 4.39 Å². The van der Waals surface area contributed by atoms with Gasteiger partial charge in [-0.05, 0) is 49.2 Å². The van der Waals surface area contributed by atoms with Crippen LogP contribution in [0.25, 0.3) is 0 Å². The van der Waals surface area contributed by atoms with E-state index in [0.717, 1.165) is 5.56 Å². The van der Waals surface area contributed by atoms with Crippen molar-refractivity contribution in [3.8, 4) is 0 Å². The van der Waals surface area contributed by atoms with Gasteiger partial charge in [-0.1, -0.05) is 23.7 Å². The zero-order valence-electron chi connectivity index (χ0n) is 20.3. The van der Waals surface area contributed by atoms with Crippen molar-refractivity contribution in [2.75, 3.05) is 39.0 Å². The second-order valence-corrected chi connectivity index (χ2v) is 10.0. The highest BCUT2D eigenvalue weighted by Gasteiger charge is 2.37. The Kier molecular flexibility index (Phi) is 7.15. The third kappa shape index (κ3) is 5.04. The van der Waals surface area contributed by atoms with Gasteiger partial charge in [0.15, 0.2) is 0 Å². The minimum Gasteiger partial charge on any atom is -0.384 e. The Morgan fingerprint density at radius 1 is 1.09 bits per heavy atom. The molecule has 0 radical (unpaired) electrons. The highest BCUT2D eigenvalue weighted by molar-refractivity contribution is 6.39. The molecule has 1 saturated heterocycles. The molecule has 0 aromatic heterocycles.